The first-order valence-electron chi connectivity index (χ1n) is 7.80. The molecule has 0 aliphatic rings. The second-order valence-electron chi connectivity index (χ2n) is 6.67. The molecule has 0 bridgehead atoms. The molecule has 0 saturated heterocycles. The molecule has 2 aromatic carbocycles. The van der Waals surface area contributed by atoms with E-state index in [4.69, 9.17) is 4.74 Å². The summed E-state index contributed by atoms with van der Waals surface area (Å²) in [6, 6.07) is 19.5. The van der Waals surface area contributed by atoms with Crippen molar-refractivity contribution >= 4 is 25.8 Å². The quantitative estimate of drug-likeness (QED) is 0.573. The predicted molar refractivity (Wildman–Crippen MR) is 103 cm³/mol. The maximum atomic E-state index is 14.0. The molecule has 0 N–H and O–H groups in total. The molecule has 2 nitrogen and oxygen atoms in total. The maximum absolute atomic E-state index is 14.0. The van der Waals surface area contributed by atoms with Gasteiger partial charge < -0.3 is 9.30 Å². The third kappa shape index (κ3) is 4.32. The Labute approximate surface area is 140 Å². The van der Waals surface area contributed by atoms with Crippen LogP contribution in [-0.4, -0.2) is 21.8 Å². The molecule has 0 heterocycles. The number of hydrogen-bond donors (Lipinski definition) is 0. The largest absolute Gasteiger partial charge is 0.381 e. The van der Waals surface area contributed by atoms with Crippen LogP contribution in [0.3, 0.4) is 0 Å². The van der Waals surface area contributed by atoms with Gasteiger partial charge in [-0.05, 0) is 5.82 Å². The predicted octanol–water partition coefficient (Wildman–Crippen LogP) is 4.41. The minimum absolute atomic E-state index is 0.541. The molecule has 0 amide bonds. The number of hydrogen-bond acceptors (Lipinski definition) is 2. The zero-order valence-corrected chi connectivity index (χ0v) is 16.2. The molecule has 2 aromatic rings. The molecule has 0 unspecified atom stereocenters. The van der Waals surface area contributed by atoms with E-state index >= 15 is 0 Å². The molecule has 0 spiro atoms. The van der Waals surface area contributed by atoms with Crippen LogP contribution in [0.1, 0.15) is 0 Å². The van der Waals surface area contributed by atoms with Crippen LogP contribution >= 0.6 is 7.14 Å². The summed E-state index contributed by atoms with van der Waals surface area (Å²) in [5.41, 5.74) is 0. The van der Waals surface area contributed by atoms with E-state index in [-0.39, 0.29) is 0 Å². The van der Waals surface area contributed by atoms with Crippen molar-refractivity contribution in [1.29, 1.82) is 0 Å². The fourth-order valence-corrected chi connectivity index (χ4v) is 7.43. The monoisotopic (exact) mass is 344 g/mol. The highest BCUT2D eigenvalue weighted by Gasteiger charge is 2.29. The van der Waals surface area contributed by atoms with Crippen LogP contribution < -0.4 is 10.6 Å². The molecule has 0 fully saturated rings. The van der Waals surface area contributed by atoms with Gasteiger partial charge in [-0.2, -0.15) is 0 Å². The van der Waals surface area contributed by atoms with Crippen molar-refractivity contribution in [2.75, 3.05) is 13.7 Å². The number of benzene rings is 2. The second kappa shape index (κ2) is 7.44. The smallest absolute Gasteiger partial charge is 0.163 e. The van der Waals surface area contributed by atoms with E-state index in [9.17, 15) is 4.57 Å². The van der Waals surface area contributed by atoms with Gasteiger partial charge in [-0.15, -0.1) is 0 Å². The van der Waals surface area contributed by atoms with Crippen molar-refractivity contribution in [3.63, 3.8) is 0 Å². The molecule has 23 heavy (non-hydrogen) atoms. The molecule has 0 aliphatic carbocycles. The third-order valence-electron chi connectivity index (χ3n) is 3.88. The highest BCUT2D eigenvalue weighted by molar-refractivity contribution is 7.81. The average molecular weight is 344 g/mol. The van der Waals surface area contributed by atoms with Gasteiger partial charge >= 0.3 is 0 Å². The van der Waals surface area contributed by atoms with Crippen molar-refractivity contribution in [2.45, 2.75) is 19.6 Å². The zero-order chi connectivity index (χ0) is 16.9. The summed E-state index contributed by atoms with van der Waals surface area (Å²) < 4.78 is 19.4. The van der Waals surface area contributed by atoms with Crippen LogP contribution in [0.15, 0.2) is 71.7 Å². The molecule has 0 radical (unpaired) electrons. The Morgan fingerprint density at radius 1 is 0.957 bits per heavy atom. The summed E-state index contributed by atoms with van der Waals surface area (Å²) >= 11 is 0. The number of rotatable bonds is 6. The topological polar surface area (TPSA) is 26.3 Å². The lowest BCUT2D eigenvalue weighted by Gasteiger charge is -2.24. The van der Waals surface area contributed by atoms with E-state index < -0.39 is 15.2 Å². The van der Waals surface area contributed by atoms with Crippen molar-refractivity contribution in [3.8, 4) is 0 Å². The molecule has 0 saturated carbocycles. The highest BCUT2D eigenvalue weighted by Crippen LogP contribution is 2.46. The Balaban J connectivity index is 2.66. The Hall–Kier alpha value is -1.41. The van der Waals surface area contributed by atoms with Gasteiger partial charge in [0.2, 0.25) is 0 Å². The molecule has 0 aromatic heterocycles. The first kappa shape index (κ1) is 17.9. The van der Waals surface area contributed by atoms with E-state index in [1.54, 1.807) is 7.11 Å². The van der Waals surface area contributed by atoms with Crippen LogP contribution in [0, 0.1) is 0 Å². The first-order chi connectivity index (χ1) is 10.9. The normalized spacial score (nSPS) is 13.1. The summed E-state index contributed by atoms with van der Waals surface area (Å²) in [5, 5.41) is 2.94. The summed E-state index contributed by atoms with van der Waals surface area (Å²) in [7, 11) is -2.73. The van der Waals surface area contributed by atoms with Crippen molar-refractivity contribution in [3.05, 3.63) is 71.7 Å². The molecule has 0 aliphatic heterocycles. The van der Waals surface area contributed by atoms with Crippen LogP contribution in [0.25, 0.3) is 0 Å². The fourth-order valence-electron chi connectivity index (χ4n) is 2.42. The van der Waals surface area contributed by atoms with E-state index in [0.29, 0.717) is 6.61 Å². The van der Waals surface area contributed by atoms with Crippen LogP contribution in [-0.2, 0) is 9.30 Å². The van der Waals surface area contributed by atoms with Crippen LogP contribution in [0.2, 0.25) is 19.6 Å². The molecule has 0 atom stereocenters. The van der Waals surface area contributed by atoms with E-state index in [2.05, 4.69) is 19.6 Å². The Kier molecular flexibility index (Phi) is 5.80. The minimum Gasteiger partial charge on any atom is -0.381 e. The van der Waals surface area contributed by atoms with Gasteiger partial charge in [-0.1, -0.05) is 85.5 Å². The summed E-state index contributed by atoms with van der Waals surface area (Å²) in [6.07, 6.45) is 0. The van der Waals surface area contributed by atoms with Crippen molar-refractivity contribution in [2.24, 2.45) is 0 Å². The number of methoxy groups -OCH3 is 1. The van der Waals surface area contributed by atoms with E-state index in [1.807, 2.05) is 66.5 Å². The lowest BCUT2D eigenvalue weighted by atomic mass is 10.4. The molecule has 2 rings (SSSR count). The highest BCUT2D eigenvalue weighted by atomic mass is 31.2. The van der Waals surface area contributed by atoms with Gasteiger partial charge in [0.15, 0.2) is 7.14 Å². The number of ether oxygens (including phenoxy) is 1. The summed E-state index contributed by atoms with van der Waals surface area (Å²) in [6.45, 7) is 7.33. The van der Waals surface area contributed by atoms with Gasteiger partial charge in [0.25, 0.3) is 0 Å². The molecular weight excluding hydrogens is 319 g/mol. The summed E-state index contributed by atoms with van der Waals surface area (Å²) in [4.78, 5) is 0. The fraction of sp³-hybridized carbons (Fsp3) is 0.263. The van der Waals surface area contributed by atoms with E-state index in [1.165, 1.54) is 5.20 Å². The molecular formula is C19H25O2PSi. The Morgan fingerprint density at radius 3 is 1.74 bits per heavy atom. The summed E-state index contributed by atoms with van der Waals surface area (Å²) in [5.74, 6) is 2.01. The standard InChI is InChI=1S/C19H25O2PSi/c1-21-15-19(23(2,3)4)16-22(20,17-11-7-5-8-12-17)18-13-9-6-10-14-18/h5-14,16H,15H2,1-4H3/b19-16+. The van der Waals surface area contributed by atoms with Gasteiger partial charge in [0.05, 0.1) is 14.7 Å². The SMILES string of the molecule is COC/C(=C\P(=O)(c1ccccc1)c1ccccc1)[Si](C)(C)C. The second-order valence-corrected chi connectivity index (χ2v) is 14.4. The molecule has 4 heteroatoms. The van der Waals surface area contributed by atoms with Crippen LogP contribution in [0.5, 0.6) is 0 Å². The van der Waals surface area contributed by atoms with Gasteiger partial charge in [-0.25, -0.2) is 0 Å². The average Bonchev–Trinajstić information content (AvgIpc) is 2.55. The van der Waals surface area contributed by atoms with Gasteiger partial charge in [-0.3, -0.25) is 0 Å². The zero-order valence-electron chi connectivity index (χ0n) is 14.3. The van der Waals surface area contributed by atoms with Gasteiger partial charge in [0, 0.05) is 17.7 Å². The Morgan fingerprint density at radius 2 is 1.39 bits per heavy atom. The maximum Gasteiger partial charge on any atom is 0.163 e. The van der Waals surface area contributed by atoms with Crippen molar-refractivity contribution in [1.82, 2.24) is 0 Å². The minimum atomic E-state index is -2.81. The van der Waals surface area contributed by atoms with E-state index in [0.717, 1.165) is 10.6 Å². The lowest BCUT2D eigenvalue weighted by molar-refractivity contribution is 0.230. The lowest BCUT2D eigenvalue weighted by Crippen LogP contribution is -2.28. The van der Waals surface area contributed by atoms with Crippen LogP contribution in [0.4, 0.5) is 0 Å². The van der Waals surface area contributed by atoms with Gasteiger partial charge in [0.1, 0.15) is 0 Å². The Bertz CT molecular complexity index is 660. The first-order valence-corrected chi connectivity index (χ1v) is 13.1. The molecule has 122 valence electrons. The third-order valence-corrected chi connectivity index (χ3v) is 9.14. The van der Waals surface area contributed by atoms with Crippen molar-refractivity contribution < 1.29 is 9.30 Å².